The maximum absolute atomic E-state index is 13.4. The van der Waals surface area contributed by atoms with Crippen LogP contribution in [0.1, 0.15) is 51.3 Å². The Bertz CT molecular complexity index is 1730. The van der Waals surface area contributed by atoms with Crippen molar-refractivity contribution >= 4 is 28.4 Å². The molecular weight excluding hydrogens is 530 g/mol. The van der Waals surface area contributed by atoms with Crippen LogP contribution in [0, 0.1) is 5.41 Å². The molecule has 3 atom stereocenters. The summed E-state index contributed by atoms with van der Waals surface area (Å²) in [7, 11) is 0. The molecular formula is C32H37N7O3. The van der Waals surface area contributed by atoms with Crippen LogP contribution in [0.15, 0.2) is 60.0 Å². The normalized spacial score (nSPS) is 24.2. The number of morpholine rings is 1. The molecule has 3 aliphatic rings. The van der Waals surface area contributed by atoms with Crippen LogP contribution in [-0.4, -0.2) is 54.7 Å². The summed E-state index contributed by atoms with van der Waals surface area (Å²) in [5.41, 5.74) is 2.92. The molecule has 42 heavy (non-hydrogen) atoms. The first-order valence-corrected chi connectivity index (χ1v) is 14.9. The van der Waals surface area contributed by atoms with Crippen LogP contribution in [0.25, 0.3) is 16.9 Å². The fraction of sp³-hybridized carbons (Fsp3) is 0.438. The van der Waals surface area contributed by atoms with Crippen molar-refractivity contribution in [2.45, 2.75) is 70.8 Å². The van der Waals surface area contributed by atoms with Gasteiger partial charge < -0.3 is 20.1 Å². The van der Waals surface area contributed by atoms with Gasteiger partial charge in [0.2, 0.25) is 5.95 Å². The minimum atomic E-state index is -0.962. The standard InChI is InChI=1S/C32H37N7O3/c1-5-15-38-29(40)25-17-33-30(34-23-8-10-24(11-9-23)37-18-20(3)42-21(4)19-37)36-28(25)39(38)26-12-7-22-16-31(13-14-31)32(41,6-2)27(22)35-26/h5,7-12,17,20-21,41H,1,6,13-16,18-19H2,2-4H3,(H,33,34,36)/t20-,21+,32-/m1/s1. The Morgan fingerprint density at radius 2 is 1.86 bits per heavy atom. The summed E-state index contributed by atoms with van der Waals surface area (Å²) in [6, 6.07) is 12.1. The molecule has 0 bridgehead atoms. The van der Waals surface area contributed by atoms with Crippen LogP contribution in [-0.2, 0) is 23.3 Å². The number of allylic oxidation sites excluding steroid dienone is 1. The molecule has 4 aromatic rings. The first-order valence-electron chi connectivity index (χ1n) is 14.9. The van der Waals surface area contributed by atoms with Crippen molar-refractivity contribution in [2.24, 2.45) is 5.41 Å². The molecule has 0 radical (unpaired) electrons. The third-order valence-electron chi connectivity index (χ3n) is 9.23. The number of nitrogens with one attached hydrogen (secondary N) is 1. The van der Waals surface area contributed by atoms with Gasteiger partial charge in [0.25, 0.3) is 5.56 Å². The molecule has 0 amide bonds. The molecule has 2 aliphatic carbocycles. The molecule has 2 N–H and O–H groups in total. The summed E-state index contributed by atoms with van der Waals surface area (Å²) in [4.78, 5) is 30.0. The van der Waals surface area contributed by atoms with E-state index < -0.39 is 5.60 Å². The second-order valence-electron chi connectivity index (χ2n) is 12.1. The number of nitrogens with zero attached hydrogens (tertiary/aromatic N) is 6. The fourth-order valence-electron chi connectivity index (χ4n) is 7.02. The highest BCUT2D eigenvalue weighted by atomic mass is 16.5. The third kappa shape index (κ3) is 4.15. The van der Waals surface area contributed by atoms with Crippen molar-refractivity contribution in [3.63, 3.8) is 0 Å². The molecule has 1 saturated heterocycles. The molecule has 1 saturated carbocycles. The summed E-state index contributed by atoms with van der Waals surface area (Å²) in [6.45, 7) is 12.0. The highest BCUT2D eigenvalue weighted by Crippen LogP contribution is 2.65. The van der Waals surface area contributed by atoms with Crippen LogP contribution >= 0.6 is 0 Å². The van der Waals surface area contributed by atoms with E-state index in [0.717, 1.165) is 55.0 Å². The molecule has 2 fully saturated rings. The van der Waals surface area contributed by atoms with Crippen molar-refractivity contribution in [3.8, 4) is 5.82 Å². The Morgan fingerprint density at radius 1 is 1.12 bits per heavy atom. The van der Waals surface area contributed by atoms with E-state index in [-0.39, 0.29) is 29.7 Å². The van der Waals surface area contributed by atoms with E-state index in [1.807, 2.05) is 31.2 Å². The van der Waals surface area contributed by atoms with Gasteiger partial charge in [-0.25, -0.2) is 19.3 Å². The summed E-state index contributed by atoms with van der Waals surface area (Å²) in [6.07, 6.45) is 7.05. The number of fused-ring (bicyclic) bond motifs is 2. The molecule has 3 aromatic heterocycles. The monoisotopic (exact) mass is 567 g/mol. The smallest absolute Gasteiger partial charge is 0.278 e. The Labute approximate surface area is 244 Å². The quantitative estimate of drug-likeness (QED) is 0.315. The Hall–Kier alpha value is -4.02. The highest BCUT2D eigenvalue weighted by Gasteiger charge is 2.63. The van der Waals surface area contributed by atoms with Gasteiger partial charge in [-0.1, -0.05) is 19.1 Å². The number of rotatable bonds is 7. The minimum absolute atomic E-state index is 0.109. The molecule has 10 heteroatoms. The van der Waals surface area contributed by atoms with Gasteiger partial charge in [-0.05, 0) is 75.4 Å². The Kier molecular flexibility index (Phi) is 6.25. The van der Waals surface area contributed by atoms with E-state index in [0.29, 0.717) is 29.2 Å². The summed E-state index contributed by atoms with van der Waals surface area (Å²) >= 11 is 0. The number of anilines is 3. The van der Waals surface area contributed by atoms with Gasteiger partial charge >= 0.3 is 0 Å². The molecule has 1 aliphatic heterocycles. The van der Waals surface area contributed by atoms with E-state index >= 15 is 0 Å². The van der Waals surface area contributed by atoms with Crippen molar-refractivity contribution < 1.29 is 9.84 Å². The lowest BCUT2D eigenvalue weighted by molar-refractivity contribution is -0.0324. The van der Waals surface area contributed by atoms with Gasteiger partial charge in [0.15, 0.2) is 11.5 Å². The zero-order valence-electron chi connectivity index (χ0n) is 24.4. The predicted octanol–water partition coefficient (Wildman–Crippen LogP) is 4.45. The Morgan fingerprint density at radius 3 is 2.52 bits per heavy atom. The number of pyridine rings is 1. The molecule has 1 spiro atoms. The first-order chi connectivity index (χ1) is 20.2. The van der Waals surface area contributed by atoms with Gasteiger partial charge in [0.05, 0.1) is 24.4 Å². The van der Waals surface area contributed by atoms with Crippen LogP contribution in [0.3, 0.4) is 0 Å². The topological polar surface area (TPSA) is 110 Å². The highest BCUT2D eigenvalue weighted by molar-refractivity contribution is 5.77. The lowest BCUT2D eigenvalue weighted by Crippen LogP contribution is -2.45. The largest absolute Gasteiger partial charge is 0.383 e. The average Bonchev–Trinajstić information content (AvgIpc) is 3.66. The second-order valence-corrected chi connectivity index (χ2v) is 12.1. The maximum Gasteiger partial charge on any atom is 0.278 e. The number of benzene rings is 1. The van der Waals surface area contributed by atoms with Crippen molar-refractivity contribution in [2.75, 3.05) is 23.3 Å². The summed E-state index contributed by atoms with van der Waals surface area (Å²) in [5.74, 6) is 0.909. The van der Waals surface area contributed by atoms with Crippen LogP contribution in [0.5, 0.6) is 0 Å². The SMILES string of the molecule is C=CCn1c(=O)c2cnc(Nc3ccc(N4C[C@@H](C)O[C@@H](C)C4)cc3)nc2n1-c1ccc2c(n1)[C@](O)(CC)C1(CC1)C2. The number of aromatic nitrogens is 5. The van der Waals surface area contributed by atoms with Gasteiger partial charge in [-0.2, -0.15) is 4.98 Å². The van der Waals surface area contributed by atoms with Crippen LogP contribution in [0.2, 0.25) is 0 Å². The Balaban J connectivity index is 1.24. The number of hydrogen-bond donors (Lipinski definition) is 2. The van der Waals surface area contributed by atoms with E-state index in [4.69, 9.17) is 14.7 Å². The summed E-state index contributed by atoms with van der Waals surface area (Å²) < 4.78 is 9.17. The summed E-state index contributed by atoms with van der Waals surface area (Å²) in [5, 5.41) is 15.4. The van der Waals surface area contributed by atoms with Crippen LogP contribution < -0.4 is 15.8 Å². The second kappa shape index (κ2) is 9.78. The van der Waals surface area contributed by atoms with Gasteiger partial charge in [0.1, 0.15) is 11.0 Å². The first kappa shape index (κ1) is 26.9. The zero-order valence-corrected chi connectivity index (χ0v) is 24.4. The van der Waals surface area contributed by atoms with Gasteiger partial charge in [0, 0.05) is 36.1 Å². The third-order valence-corrected chi connectivity index (χ3v) is 9.23. The van der Waals surface area contributed by atoms with Crippen molar-refractivity contribution in [1.82, 2.24) is 24.3 Å². The lowest BCUT2D eigenvalue weighted by Gasteiger charge is -2.36. The minimum Gasteiger partial charge on any atom is -0.383 e. The van der Waals surface area contributed by atoms with E-state index in [9.17, 15) is 9.90 Å². The molecule has 1 aromatic carbocycles. The lowest BCUT2D eigenvalue weighted by atomic mass is 9.84. The van der Waals surface area contributed by atoms with E-state index in [1.54, 1.807) is 21.6 Å². The number of hydrogen-bond acceptors (Lipinski definition) is 8. The van der Waals surface area contributed by atoms with Gasteiger partial charge in [-0.3, -0.25) is 4.79 Å². The molecule has 218 valence electrons. The predicted molar refractivity (Wildman–Crippen MR) is 163 cm³/mol. The van der Waals surface area contributed by atoms with E-state index in [2.05, 4.69) is 47.8 Å². The number of aliphatic hydroxyl groups is 1. The fourth-order valence-corrected chi connectivity index (χ4v) is 7.02. The number of ether oxygens (including phenoxy) is 1. The van der Waals surface area contributed by atoms with Gasteiger partial charge in [-0.15, -0.1) is 6.58 Å². The molecule has 7 rings (SSSR count). The van der Waals surface area contributed by atoms with Crippen LogP contribution in [0.4, 0.5) is 17.3 Å². The zero-order chi connectivity index (χ0) is 29.2. The molecule has 10 nitrogen and oxygen atoms in total. The molecule has 4 heterocycles. The maximum atomic E-state index is 13.4. The average molecular weight is 568 g/mol. The van der Waals surface area contributed by atoms with Crippen molar-refractivity contribution in [3.05, 3.63) is 76.9 Å². The van der Waals surface area contributed by atoms with Crippen molar-refractivity contribution in [1.29, 1.82) is 0 Å². The van der Waals surface area contributed by atoms with E-state index in [1.165, 1.54) is 0 Å². The molecule has 0 unspecified atom stereocenters.